The number of carbonyl (C=O) groups is 4. The third kappa shape index (κ3) is 5.59. The van der Waals surface area contributed by atoms with E-state index in [1.54, 1.807) is 54.6 Å². The first-order valence-electron chi connectivity index (χ1n) is 9.82. The van der Waals surface area contributed by atoms with Crippen LogP contribution in [0.2, 0.25) is 0 Å². The monoisotopic (exact) mass is 425 g/mol. The molecule has 0 aliphatic carbocycles. The lowest BCUT2D eigenvalue weighted by Crippen LogP contribution is -2.43. The summed E-state index contributed by atoms with van der Waals surface area (Å²) in [6.45, 7) is 1.85. The van der Waals surface area contributed by atoms with Gasteiger partial charge < -0.3 is 14.4 Å². The molecule has 3 amide bonds. The van der Waals surface area contributed by atoms with Crippen molar-refractivity contribution in [2.75, 3.05) is 24.7 Å². The van der Waals surface area contributed by atoms with Crippen LogP contribution in [-0.2, 0) is 19.1 Å². The van der Waals surface area contributed by atoms with E-state index in [0.29, 0.717) is 23.6 Å². The number of hydrazine groups is 1. The zero-order valence-corrected chi connectivity index (χ0v) is 17.0. The summed E-state index contributed by atoms with van der Waals surface area (Å²) in [5.41, 5.74) is 5.38. The van der Waals surface area contributed by atoms with E-state index in [-0.39, 0.29) is 18.9 Å². The van der Waals surface area contributed by atoms with Gasteiger partial charge >= 0.3 is 5.97 Å². The molecule has 9 heteroatoms. The predicted octanol–water partition coefficient (Wildman–Crippen LogP) is 1.44. The molecule has 31 heavy (non-hydrogen) atoms. The highest BCUT2D eigenvalue weighted by atomic mass is 16.5. The minimum atomic E-state index is -0.700. The van der Waals surface area contributed by atoms with Crippen molar-refractivity contribution in [1.82, 2.24) is 10.9 Å². The van der Waals surface area contributed by atoms with E-state index in [2.05, 4.69) is 10.9 Å². The van der Waals surface area contributed by atoms with Gasteiger partial charge in [0, 0.05) is 18.5 Å². The molecule has 0 unspecified atom stereocenters. The van der Waals surface area contributed by atoms with Crippen LogP contribution in [0.3, 0.4) is 0 Å². The molecular weight excluding hydrogens is 402 g/mol. The summed E-state index contributed by atoms with van der Waals surface area (Å²) in [5.74, 6) is -2.22. The van der Waals surface area contributed by atoms with E-state index in [4.69, 9.17) is 9.47 Å². The summed E-state index contributed by atoms with van der Waals surface area (Å²) in [4.78, 5) is 50.0. The zero-order chi connectivity index (χ0) is 22.2. The largest absolute Gasteiger partial charge is 0.492 e. The van der Waals surface area contributed by atoms with Gasteiger partial charge in [0.25, 0.3) is 11.8 Å². The number of hydrogen-bond donors (Lipinski definition) is 2. The van der Waals surface area contributed by atoms with Gasteiger partial charge in [-0.05, 0) is 31.2 Å². The van der Waals surface area contributed by atoms with Crippen LogP contribution in [0.4, 0.5) is 5.69 Å². The molecule has 1 aliphatic heterocycles. The first kappa shape index (κ1) is 21.8. The minimum absolute atomic E-state index is 0.0222. The average Bonchev–Trinajstić information content (AvgIpc) is 3.18. The molecular formula is C22H23N3O6. The van der Waals surface area contributed by atoms with Crippen molar-refractivity contribution in [2.24, 2.45) is 5.92 Å². The van der Waals surface area contributed by atoms with Gasteiger partial charge in [-0.3, -0.25) is 30.0 Å². The highest BCUT2D eigenvalue weighted by molar-refractivity contribution is 6.00. The average molecular weight is 425 g/mol. The molecule has 1 saturated heterocycles. The van der Waals surface area contributed by atoms with Crippen LogP contribution in [0.15, 0.2) is 54.6 Å². The molecule has 2 aromatic rings. The lowest BCUT2D eigenvalue weighted by Gasteiger charge is -2.19. The maximum Gasteiger partial charge on any atom is 0.311 e. The lowest BCUT2D eigenvalue weighted by molar-refractivity contribution is -0.152. The number of esters is 1. The Labute approximate surface area is 179 Å². The maximum atomic E-state index is 12.4. The van der Waals surface area contributed by atoms with Crippen molar-refractivity contribution >= 4 is 29.4 Å². The van der Waals surface area contributed by atoms with Gasteiger partial charge in [0.15, 0.2) is 6.61 Å². The number of para-hydroxylation sites is 2. The van der Waals surface area contributed by atoms with Crippen molar-refractivity contribution in [3.05, 3.63) is 60.2 Å². The lowest BCUT2D eigenvalue weighted by atomic mass is 10.1. The standard InChI is InChI=1S/C22H23N3O6/c1-2-30-18-11-7-6-10-17(18)25-13-16(12-20(25)27)22(29)31-14-19(26)23-24-21(28)15-8-4-3-5-9-15/h3-11,16H,2,12-14H2,1H3,(H,23,26)(H,24,28)/t16-/m1/s1. The molecule has 0 bridgehead atoms. The fourth-order valence-electron chi connectivity index (χ4n) is 3.13. The third-order valence-electron chi connectivity index (χ3n) is 4.61. The second-order valence-electron chi connectivity index (χ2n) is 6.78. The molecule has 0 saturated carbocycles. The van der Waals surface area contributed by atoms with Crippen LogP contribution in [-0.4, -0.2) is 43.4 Å². The first-order valence-corrected chi connectivity index (χ1v) is 9.82. The Bertz CT molecular complexity index is 963. The second kappa shape index (κ2) is 10.2. The number of amides is 3. The van der Waals surface area contributed by atoms with Gasteiger partial charge in [0.2, 0.25) is 5.91 Å². The number of benzene rings is 2. The molecule has 9 nitrogen and oxygen atoms in total. The van der Waals surface area contributed by atoms with Crippen LogP contribution in [0.1, 0.15) is 23.7 Å². The Morgan fingerprint density at radius 1 is 1.03 bits per heavy atom. The number of rotatable bonds is 7. The minimum Gasteiger partial charge on any atom is -0.492 e. The molecule has 2 aromatic carbocycles. The van der Waals surface area contributed by atoms with Gasteiger partial charge in [0.1, 0.15) is 5.75 Å². The summed E-state index contributed by atoms with van der Waals surface area (Å²) in [6.07, 6.45) is -0.0222. The third-order valence-corrected chi connectivity index (χ3v) is 4.61. The summed E-state index contributed by atoms with van der Waals surface area (Å²) in [7, 11) is 0. The molecule has 1 aliphatic rings. The van der Waals surface area contributed by atoms with Gasteiger partial charge in [-0.2, -0.15) is 0 Å². The van der Waals surface area contributed by atoms with E-state index in [1.165, 1.54) is 4.90 Å². The normalized spacial score (nSPS) is 15.3. The molecule has 1 atom stereocenters. The Morgan fingerprint density at radius 3 is 2.48 bits per heavy atom. The van der Waals surface area contributed by atoms with E-state index in [1.807, 2.05) is 6.92 Å². The van der Waals surface area contributed by atoms with Crippen LogP contribution in [0.5, 0.6) is 5.75 Å². The van der Waals surface area contributed by atoms with Gasteiger partial charge in [-0.25, -0.2) is 0 Å². The Hall–Kier alpha value is -3.88. The number of hydrogen-bond acceptors (Lipinski definition) is 6. The zero-order valence-electron chi connectivity index (χ0n) is 17.0. The molecule has 2 N–H and O–H groups in total. The first-order chi connectivity index (χ1) is 15.0. The Kier molecular flexibility index (Phi) is 7.21. The number of nitrogens with zero attached hydrogens (tertiary/aromatic N) is 1. The SMILES string of the molecule is CCOc1ccccc1N1C[C@H](C(=O)OCC(=O)NNC(=O)c2ccccc2)CC1=O. The van der Waals surface area contributed by atoms with Crippen molar-refractivity contribution in [2.45, 2.75) is 13.3 Å². The summed E-state index contributed by atoms with van der Waals surface area (Å²) in [6, 6.07) is 15.4. The number of carbonyl (C=O) groups excluding carboxylic acids is 4. The molecule has 1 heterocycles. The fourth-order valence-corrected chi connectivity index (χ4v) is 3.13. The maximum absolute atomic E-state index is 12.4. The highest BCUT2D eigenvalue weighted by Crippen LogP contribution is 2.33. The highest BCUT2D eigenvalue weighted by Gasteiger charge is 2.37. The predicted molar refractivity (Wildman–Crippen MR) is 111 cm³/mol. The number of ether oxygens (including phenoxy) is 2. The fraction of sp³-hybridized carbons (Fsp3) is 0.273. The second-order valence-corrected chi connectivity index (χ2v) is 6.78. The Morgan fingerprint density at radius 2 is 1.74 bits per heavy atom. The summed E-state index contributed by atoms with van der Waals surface area (Å²) in [5, 5.41) is 0. The van der Waals surface area contributed by atoms with Crippen LogP contribution < -0.4 is 20.5 Å². The summed E-state index contributed by atoms with van der Waals surface area (Å²) < 4.78 is 10.6. The molecule has 0 spiro atoms. The van der Waals surface area contributed by atoms with Crippen LogP contribution >= 0.6 is 0 Å². The van der Waals surface area contributed by atoms with Crippen molar-refractivity contribution in [3.63, 3.8) is 0 Å². The van der Waals surface area contributed by atoms with Gasteiger partial charge in [-0.1, -0.05) is 30.3 Å². The molecule has 0 aromatic heterocycles. The molecule has 0 radical (unpaired) electrons. The van der Waals surface area contributed by atoms with Crippen molar-refractivity contribution < 1.29 is 28.7 Å². The van der Waals surface area contributed by atoms with Crippen LogP contribution in [0.25, 0.3) is 0 Å². The van der Waals surface area contributed by atoms with Gasteiger partial charge in [-0.15, -0.1) is 0 Å². The molecule has 1 fully saturated rings. The summed E-state index contributed by atoms with van der Waals surface area (Å²) >= 11 is 0. The van der Waals surface area contributed by atoms with Crippen molar-refractivity contribution in [1.29, 1.82) is 0 Å². The van der Waals surface area contributed by atoms with Crippen LogP contribution in [0, 0.1) is 5.92 Å². The number of nitrogens with one attached hydrogen (secondary N) is 2. The number of anilines is 1. The van der Waals surface area contributed by atoms with E-state index in [0.717, 1.165) is 0 Å². The topological polar surface area (TPSA) is 114 Å². The Balaban J connectivity index is 1.48. The van der Waals surface area contributed by atoms with E-state index >= 15 is 0 Å². The van der Waals surface area contributed by atoms with Crippen molar-refractivity contribution in [3.8, 4) is 5.75 Å². The van der Waals surface area contributed by atoms with Gasteiger partial charge in [0.05, 0.1) is 18.2 Å². The molecule has 3 rings (SSSR count). The molecule has 162 valence electrons. The smallest absolute Gasteiger partial charge is 0.311 e. The quantitative estimate of drug-likeness (QED) is 0.513. The van der Waals surface area contributed by atoms with E-state index < -0.39 is 30.3 Å². The van der Waals surface area contributed by atoms with E-state index in [9.17, 15) is 19.2 Å².